The monoisotopic (exact) mass is 363 g/mol. The van der Waals surface area contributed by atoms with Crippen LogP contribution in [-0.4, -0.2) is 58.1 Å². The first-order chi connectivity index (χ1) is 10.9. The molecule has 1 fully saturated rings. The number of halogens is 1. The van der Waals surface area contributed by atoms with Crippen molar-refractivity contribution in [2.45, 2.75) is 23.8 Å². The third kappa shape index (κ3) is 5.83. The minimum atomic E-state index is -2.45. The van der Waals surface area contributed by atoms with Crippen molar-refractivity contribution in [1.82, 2.24) is 10.4 Å². The number of ether oxygens (including phenoxy) is 1. The largest absolute Gasteiger partial charge is 0.768 e. The van der Waals surface area contributed by atoms with Gasteiger partial charge in [-0.15, -0.1) is 0 Å². The molecule has 0 spiro atoms. The number of rotatable bonds is 3. The number of hydrogen-bond donors (Lipinski definition) is 2. The van der Waals surface area contributed by atoms with E-state index in [1.54, 1.807) is 23.6 Å². The minimum absolute atomic E-state index is 0.0516. The maximum absolute atomic E-state index is 12.3. The smallest absolute Gasteiger partial charge is 0.253 e. The topological polar surface area (TPSA) is 102 Å². The molecule has 23 heavy (non-hydrogen) atoms. The van der Waals surface area contributed by atoms with Crippen LogP contribution in [0.5, 0.6) is 0 Å². The molecule has 0 radical (unpaired) electrons. The number of piperidine rings is 1. The van der Waals surface area contributed by atoms with Gasteiger partial charge >= 0.3 is 0 Å². The molecule has 7 nitrogen and oxygen atoms in total. The van der Waals surface area contributed by atoms with Gasteiger partial charge in [0, 0.05) is 37.7 Å². The van der Waals surface area contributed by atoms with E-state index in [0.29, 0.717) is 18.7 Å². The molecule has 1 aliphatic rings. The molecule has 2 N–H and O–H groups in total. The number of nitrogens with one attached hydrogen (secondary N) is 1. The lowest BCUT2D eigenvalue weighted by atomic mass is 10.1. The quantitative estimate of drug-likeness (QED) is 0.622. The Hall–Kier alpha value is -1.03. The number of carbonyl (C=O) groups excluding carboxylic acids is 1. The predicted octanol–water partition coefficient (Wildman–Crippen LogP) is 1.42. The Morgan fingerprint density at radius 3 is 2.52 bits per heavy atom. The summed E-state index contributed by atoms with van der Waals surface area (Å²) in [5, 5.41) is 7.44. The molecule has 0 bridgehead atoms. The van der Waals surface area contributed by atoms with Gasteiger partial charge in [0.1, 0.15) is 0 Å². The summed E-state index contributed by atoms with van der Waals surface area (Å²) < 4.78 is 27.3. The van der Waals surface area contributed by atoms with E-state index in [4.69, 9.17) is 21.5 Å². The number of likely N-dealkylation sites (tertiary alicyclic amines) is 1. The van der Waals surface area contributed by atoms with Gasteiger partial charge in [-0.2, -0.15) is 0 Å². The van der Waals surface area contributed by atoms with Crippen molar-refractivity contribution in [3.05, 3.63) is 28.8 Å². The summed E-state index contributed by atoms with van der Waals surface area (Å²) in [5.74, 6) is -0.178. The van der Waals surface area contributed by atoms with Gasteiger partial charge in [0.2, 0.25) is 0 Å². The lowest BCUT2D eigenvalue weighted by molar-refractivity contribution is 0.0350. The van der Waals surface area contributed by atoms with Crippen LogP contribution in [0.3, 0.4) is 0 Å². The van der Waals surface area contributed by atoms with E-state index in [0.717, 1.165) is 12.8 Å². The zero-order chi connectivity index (χ0) is 17.4. The van der Waals surface area contributed by atoms with E-state index >= 15 is 0 Å². The Kier molecular flexibility index (Phi) is 8.67. The number of methoxy groups -OCH3 is 1. The number of benzene rings is 1. The van der Waals surface area contributed by atoms with Crippen LogP contribution in [-0.2, 0) is 15.8 Å². The summed E-state index contributed by atoms with van der Waals surface area (Å²) >= 11 is 3.33. The highest BCUT2D eigenvalue weighted by Gasteiger charge is 2.23. The predicted molar refractivity (Wildman–Crippen MR) is 85.4 cm³/mol. The Labute approximate surface area is 142 Å². The standard InChI is InChI=1S/C13H16ClNO4S.CH5NO/c1-19-10-4-6-15(7-5-10)13(16)9-2-3-11(14)12(8-9)20(17)18;1-2-3/h2-3,8,10H,4-7H2,1H3,(H,17,18);2-3H,1H3/p-1. The zero-order valence-corrected chi connectivity index (χ0v) is 14.5. The Morgan fingerprint density at radius 1 is 1.48 bits per heavy atom. The summed E-state index contributed by atoms with van der Waals surface area (Å²) in [6, 6.07) is 4.29. The normalized spacial score (nSPS) is 16.5. The van der Waals surface area contributed by atoms with Crippen molar-refractivity contribution >= 4 is 28.6 Å². The Bertz CT molecular complexity index is 550. The van der Waals surface area contributed by atoms with E-state index in [1.807, 2.05) is 0 Å². The van der Waals surface area contributed by atoms with E-state index < -0.39 is 11.1 Å². The molecular weight excluding hydrogens is 344 g/mol. The molecule has 1 unspecified atom stereocenters. The maximum atomic E-state index is 12.3. The fourth-order valence-electron chi connectivity index (χ4n) is 2.24. The molecule has 1 aliphatic heterocycles. The molecule has 1 aromatic carbocycles. The first-order valence-electron chi connectivity index (χ1n) is 6.96. The fraction of sp³-hybridized carbons (Fsp3) is 0.500. The third-order valence-electron chi connectivity index (χ3n) is 3.42. The molecule has 9 heteroatoms. The van der Waals surface area contributed by atoms with Crippen LogP contribution in [0.2, 0.25) is 5.02 Å². The molecule has 1 saturated heterocycles. The molecule has 130 valence electrons. The lowest BCUT2D eigenvalue weighted by Gasteiger charge is -2.31. The summed E-state index contributed by atoms with van der Waals surface area (Å²) in [4.78, 5) is 14.0. The second-order valence-corrected chi connectivity index (χ2v) is 6.15. The number of carbonyl (C=O) groups is 1. The van der Waals surface area contributed by atoms with Gasteiger partial charge in [-0.1, -0.05) is 11.6 Å². The number of nitrogens with zero attached hydrogens (tertiary/aromatic N) is 1. The van der Waals surface area contributed by atoms with Crippen molar-refractivity contribution in [2.24, 2.45) is 0 Å². The second kappa shape index (κ2) is 9.96. The van der Waals surface area contributed by atoms with Gasteiger partial charge in [-0.25, -0.2) is 5.48 Å². The van der Waals surface area contributed by atoms with Crippen LogP contribution in [0.4, 0.5) is 0 Å². The number of hydrogen-bond acceptors (Lipinski definition) is 6. The highest BCUT2D eigenvalue weighted by atomic mass is 35.5. The summed E-state index contributed by atoms with van der Waals surface area (Å²) in [6.45, 7) is 1.21. The van der Waals surface area contributed by atoms with E-state index in [1.165, 1.54) is 19.2 Å². The van der Waals surface area contributed by atoms with Crippen LogP contribution in [0, 0.1) is 0 Å². The molecule has 1 amide bonds. The summed E-state index contributed by atoms with van der Waals surface area (Å²) in [7, 11) is 3.09. The first kappa shape index (κ1) is 20.0. The average Bonchev–Trinajstić information content (AvgIpc) is 2.55. The van der Waals surface area contributed by atoms with Crippen LogP contribution in [0.15, 0.2) is 23.1 Å². The lowest BCUT2D eigenvalue weighted by Crippen LogP contribution is -2.40. The van der Waals surface area contributed by atoms with Crippen molar-refractivity contribution < 1.29 is 23.5 Å². The number of amides is 1. The molecule has 1 heterocycles. The fourth-order valence-corrected chi connectivity index (χ4v) is 3.00. The average molecular weight is 364 g/mol. The van der Waals surface area contributed by atoms with Crippen molar-refractivity contribution in [3.8, 4) is 0 Å². The van der Waals surface area contributed by atoms with Gasteiger partial charge in [0.05, 0.1) is 11.1 Å². The van der Waals surface area contributed by atoms with Crippen LogP contribution < -0.4 is 5.48 Å². The Morgan fingerprint density at radius 2 is 2.04 bits per heavy atom. The van der Waals surface area contributed by atoms with Crippen molar-refractivity contribution in [3.63, 3.8) is 0 Å². The summed E-state index contributed by atoms with van der Waals surface area (Å²) in [6.07, 6.45) is 1.76. The van der Waals surface area contributed by atoms with Gasteiger partial charge in [-0.05, 0) is 42.1 Å². The highest BCUT2D eigenvalue weighted by molar-refractivity contribution is 7.79. The van der Waals surface area contributed by atoms with E-state index in [2.05, 4.69) is 0 Å². The molecule has 2 rings (SSSR count). The molecule has 0 saturated carbocycles. The van der Waals surface area contributed by atoms with Crippen molar-refractivity contribution in [2.75, 3.05) is 27.2 Å². The molecular formula is C14H20ClN2O5S-. The second-order valence-electron chi connectivity index (χ2n) is 4.83. The Balaban J connectivity index is 0.000000816. The maximum Gasteiger partial charge on any atom is 0.253 e. The third-order valence-corrected chi connectivity index (χ3v) is 4.56. The van der Waals surface area contributed by atoms with Gasteiger partial charge in [-0.3, -0.25) is 9.00 Å². The molecule has 0 aromatic heterocycles. The van der Waals surface area contributed by atoms with Crippen LogP contribution >= 0.6 is 11.6 Å². The first-order valence-corrected chi connectivity index (χ1v) is 8.41. The van der Waals surface area contributed by atoms with Gasteiger partial charge in [0.25, 0.3) is 5.91 Å². The SMILES string of the molecule is CNO.COC1CCN(C(=O)c2ccc(Cl)c(S(=O)[O-])c2)CC1. The molecule has 1 atom stereocenters. The molecule has 0 aliphatic carbocycles. The molecule has 1 aromatic rings. The number of hydroxylamine groups is 1. The van der Waals surface area contributed by atoms with Crippen molar-refractivity contribution in [1.29, 1.82) is 0 Å². The van der Waals surface area contributed by atoms with Gasteiger partial charge < -0.3 is 19.4 Å². The van der Waals surface area contributed by atoms with Gasteiger partial charge in [0.15, 0.2) is 0 Å². The highest BCUT2D eigenvalue weighted by Crippen LogP contribution is 2.22. The zero-order valence-electron chi connectivity index (χ0n) is 13.0. The summed E-state index contributed by atoms with van der Waals surface area (Å²) in [5.41, 5.74) is 2.09. The van der Waals surface area contributed by atoms with Crippen LogP contribution in [0.25, 0.3) is 0 Å². The van der Waals surface area contributed by atoms with E-state index in [-0.39, 0.29) is 21.9 Å². The van der Waals surface area contributed by atoms with E-state index in [9.17, 15) is 13.6 Å². The minimum Gasteiger partial charge on any atom is -0.768 e. The van der Waals surface area contributed by atoms with Crippen LogP contribution in [0.1, 0.15) is 23.2 Å².